The Morgan fingerprint density at radius 2 is 2.60 bits per heavy atom. The average molecular weight is 201 g/mol. The van der Waals surface area contributed by atoms with Crippen molar-refractivity contribution in [3.05, 3.63) is 23.2 Å². The maximum absolute atomic E-state index is 4.12. The van der Waals surface area contributed by atoms with Crippen molar-refractivity contribution in [2.75, 3.05) is 0 Å². The highest BCUT2D eigenvalue weighted by Crippen LogP contribution is 2.00. The van der Waals surface area contributed by atoms with E-state index in [9.17, 15) is 0 Å². The average Bonchev–Trinajstić information content (AvgIpc) is 2.36. The molecule has 0 bridgehead atoms. The summed E-state index contributed by atoms with van der Waals surface area (Å²) in [5.41, 5.74) is 0. The second-order valence-electron chi connectivity index (χ2n) is 1.86. The van der Waals surface area contributed by atoms with Gasteiger partial charge in [0, 0.05) is 18.9 Å². The second kappa shape index (κ2) is 3.56. The fourth-order valence-corrected chi connectivity index (χ4v) is 1.04. The highest BCUT2D eigenvalue weighted by Gasteiger charge is 1.92. The zero-order valence-corrected chi connectivity index (χ0v) is 7.37. The summed E-state index contributed by atoms with van der Waals surface area (Å²) in [6.07, 6.45) is 5.68. The van der Waals surface area contributed by atoms with Crippen LogP contribution in [0.15, 0.2) is 17.4 Å². The van der Waals surface area contributed by atoms with E-state index in [0.29, 0.717) is 0 Å². The van der Waals surface area contributed by atoms with Crippen LogP contribution >= 0.6 is 15.9 Å². The van der Waals surface area contributed by atoms with Crippen LogP contribution in [-0.4, -0.2) is 9.55 Å². The van der Waals surface area contributed by atoms with Crippen LogP contribution in [0.4, 0.5) is 0 Å². The lowest BCUT2D eigenvalue weighted by molar-refractivity contribution is 0.752. The summed E-state index contributed by atoms with van der Waals surface area (Å²) in [5.74, 6) is 0.986. The Morgan fingerprint density at radius 1 is 1.80 bits per heavy atom. The van der Waals surface area contributed by atoms with Gasteiger partial charge >= 0.3 is 0 Å². The van der Waals surface area contributed by atoms with Crippen molar-refractivity contribution in [1.29, 1.82) is 0 Å². The lowest BCUT2D eigenvalue weighted by Gasteiger charge is -1.96. The van der Waals surface area contributed by atoms with Crippen molar-refractivity contribution in [3.8, 4) is 0 Å². The van der Waals surface area contributed by atoms with Crippen molar-refractivity contribution in [2.45, 2.75) is 13.5 Å². The van der Waals surface area contributed by atoms with Crippen molar-refractivity contribution < 1.29 is 0 Å². The lowest BCUT2D eigenvalue weighted by Crippen LogP contribution is -1.94. The standard InChI is InChI=1S/C7H9BrN2/c1-2-10-6-5-9-7(10)3-4-8/h3-6H,2H2,1H3/b4-3+. The van der Waals surface area contributed by atoms with Crippen molar-refractivity contribution in [2.24, 2.45) is 0 Å². The third kappa shape index (κ3) is 1.48. The van der Waals surface area contributed by atoms with Gasteiger partial charge in [0.25, 0.3) is 0 Å². The molecule has 0 atom stereocenters. The molecular weight excluding hydrogens is 192 g/mol. The Morgan fingerprint density at radius 3 is 3.20 bits per heavy atom. The molecule has 0 aliphatic rings. The van der Waals surface area contributed by atoms with Crippen LogP contribution in [0.2, 0.25) is 0 Å². The van der Waals surface area contributed by atoms with Crippen LogP contribution in [-0.2, 0) is 6.54 Å². The first kappa shape index (κ1) is 7.54. The number of hydrogen-bond acceptors (Lipinski definition) is 1. The van der Waals surface area contributed by atoms with Crippen molar-refractivity contribution >= 4 is 22.0 Å². The van der Waals surface area contributed by atoms with E-state index >= 15 is 0 Å². The summed E-state index contributed by atoms with van der Waals surface area (Å²) in [5, 5.41) is 0. The molecule has 0 N–H and O–H groups in total. The molecule has 0 unspecified atom stereocenters. The van der Waals surface area contributed by atoms with Crippen LogP contribution in [0.1, 0.15) is 12.7 Å². The predicted octanol–water partition coefficient (Wildman–Crippen LogP) is 2.27. The molecule has 3 heteroatoms. The highest BCUT2D eigenvalue weighted by atomic mass is 79.9. The Bertz CT molecular complexity index is 227. The molecule has 1 aromatic rings. The van der Waals surface area contributed by atoms with E-state index < -0.39 is 0 Å². The summed E-state index contributed by atoms with van der Waals surface area (Å²) in [6.45, 7) is 3.06. The maximum Gasteiger partial charge on any atom is 0.133 e. The molecule has 0 saturated heterocycles. The monoisotopic (exact) mass is 200 g/mol. The van der Waals surface area contributed by atoms with E-state index in [1.807, 2.05) is 17.3 Å². The summed E-state index contributed by atoms with van der Waals surface area (Å²) in [4.78, 5) is 5.93. The zero-order chi connectivity index (χ0) is 7.40. The Kier molecular flexibility index (Phi) is 2.68. The predicted molar refractivity (Wildman–Crippen MR) is 45.9 cm³/mol. The number of aryl methyl sites for hydroxylation is 1. The minimum Gasteiger partial charge on any atom is -0.332 e. The quantitative estimate of drug-likeness (QED) is 0.717. The summed E-state index contributed by atoms with van der Waals surface area (Å²) >= 11 is 3.20. The topological polar surface area (TPSA) is 17.8 Å². The largest absolute Gasteiger partial charge is 0.332 e. The molecule has 54 valence electrons. The molecule has 0 radical (unpaired) electrons. The van der Waals surface area contributed by atoms with Gasteiger partial charge < -0.3 is 4.57 Å². The Hall–Kier alpha value is -0.570. The van der Waals surface area contributed by atoms with Gasteiger partial charge in [0.1, 0.15) is 5.82 Å². The van der Waals surface area contributed by atoms with Crippen LogP contribution in [0, 0.1) is 0 Å². The van der Waals surface area contributed by atoms with Gasteiger partial charge in [-0.15, -0.1) is 0 Å². The molecule has 0 aliphatic carbocycles. The summed E-state index contributed by atoms with van der Waals surface area (Å²) in [7, 11) is 0. The van der Waals surface area contributed by atoms with E-state index in [2.05, 4.69) is 32.4 Å². The molecule has 1 rings (SSSR count). The minimum absolute atomic E-state index is 0.965. The molecule has 0 fully saturated rings. The molecule has 0 amide bonds. The normalized spacial score (nSPS) is 11.0. The molecule has 1 aromatic heterocycles. The molecule has 0 saturated carbocycles. The number of hydrogen-bond donors (Lipinski definition) is 0. The van der Waals surface area contributed by atoms with Crippen LogP contribution in [0.3, 0.4) is 0 Å². The van der Waals surface area contributed by atoms with Gasteiger partial charge in [-0.25, -0.2) is 4.98 Å². The van der Waals surface area contributed by atoms with E-state index in [0.717, 1.165) is 12.4 Å². The van der Waals surface area contributed by atoms with E-state index in [-0.39, 0.29) is 0 Å². The zero-order valence-electron chi connectivity index (χ0n) is 5.79. The Labute approximate surface area is 68.7 Å². The van der Waals surface area contributed by atoms with Crippen molar-refractivity contribution in [3.63, 3.8) is 0 Å². The SMILES string of the molecule is CCn1ccnc1/C=C/Br. The molecule has 0 aliphatic heterocycles. The fraction of sp³-hybridized carbons (Fsp3) is 0.286. The number of imidazole rings is 1. The summed E-state index contributed by atoms with van der Waals surface area (Å²) in [6, 6.07) is 0. The minimum atomic E-state index is 0.965. The maximum atomic E-state index is 4.12. The molecule has 2 nitrogen and oxygen atoms in total. The van der Waals surface area contributed by atoms with Crippen LogP contribution in [0.25, 0.3) is 6.08 Å². The lowest BCUT2D eigenvalue weighted by atomic mass is 10.5. The van der Waals surface area contributed by atoms with Gasteiger partial charge in [-0.2, -0.15) is 0 Å². The summed E-state index contributed by atoms with van der Waals surface area (Å²) < 4.78 is 2.07. The van der Waals surface area contributed by atoms with Crippen LogP contribution in [0.5, 0.6) is 0 Å². The third-order valence-corrected chi connectivity index (χ3v) is 1.56. The molecule has 0 spiro atoms. The molecule has 1 heterocycles. The number of nitrogens with zero attached hydrogens (tertiary/aromatic N) is 2. The second-order valence-corrected chi connectivity index (χ2v) is 2.39. The fourth-order valence-electron chi connectivity index (χ4n) is 0.803. The molecule has 10 heavy (non-hydrogen) atoms. The van der Waals surface area contributed by atoms with Gasteiger partial charge in [-0.05, 0) is 18.0 Å². The first-order chi connectivity index (χ1) is 4.88. The van der Waals surface area contributed by atoms with Gasteiger partial charge in [-0.1, -0.05) is 15.9 Å². The van der Waals surface area contributed by atoms with Crippen LogP contribution < -0.4 is 0 Å². The van der Waals surface area contributed by atoms with E-state index in [1.165, 1.54) is 0 Å². The third-order valence-electron chi connectivity index (χ3n) is 1.30. The first-order valence-corrected chi connectivity index (χ1v) is 4.08. The van der Waals surface area contributed by atoms with E-state index in [1.54, 1.807) is 6.20 Å². The number of aromatic nitrogens is 2. The smallest absolute Gasteiger partial charge is 0.133 e. The Balaban J connectivity index is 2.90. The first-order valence-electron chi connectivity index (χ1n) is 3.16. The van der Waals surface area contributed by atoms with Gasteiger partial charge in [0.2, 0.25) is 0 Å². The number of halogens is 1. The number of rotatable bonds is 2. The van der Waals surface area contributed by atoms with Crippen molar-refractivity contribution in [1.82, 2.24) is 9.55 Å². The van der Waals surface area contributed by atoms with Gasteiger partial charge in [0.05, 0.1) is 0 Å². The molecular formula is C7H9BrN2. The molecule has 0 aromatic carbocycles. The van der Waals surface area contributed by atoms with E-state index in [4.69, 9.17) is 0 Å². The highest BCUT2D eigenvalue weighted by molar-refractivity contribution is 9.11. The van der Waals surface area contributed by atoms with Gasteiger partial charge in [-0.3, -0.25) is 0 Å². The van der Waals surface area contributed by atoms with Gasteiger partial charge in [0.15, 0.2) is 0 Å².